The van der Waals surface area contributed by atoms with Crippen LogP contribution < -0.4 is 0 Å². The number of rotatable bonds is 7. The van der Waals surface area contributed by atoms with E-state index in [1.165, 1.54) is 6.92 Å². The summed E-state index contributed by atoms with van der Waals surface area (Å²) < 4.78 is 9.47. The number of esters is 3. The van der Waals surface area contributed by atoms with E-state index in [9.17, 15) is 19.2 Å². The predicted octanol–water partition coefficient (Wildman–Crippen LogP) is 1.60. The Balaban J connectivity index is 2.26. The van der Waals surface area contributed by atoms with E-state index in [4.69, 9.17) is 9.84 Å². The maximum atomic E-state index is 11.6. The van der Waals surface area contributed by atoms with Crippen molar-refractivity contribution in [3.05, 3.63) is 12.2 Å². The van der Waals surface area contributed by atoms with Gasteiger partial charge in [0.2, 0.25) is 0 Å². The molecule has 7 nitrogen and oxygen atoms in total. The number of carboxylic acid groups (broad SMARTS) is 1. The Bertz CT molecular complexity index is 461. The third kappa shape index (κ3) is 7.56. The van der Waals surface area contributed by atoms with Crippen LogP contribution in [-0.2, 0) is 28.7 Å². The van der Waals surface area contributed by atoms with E-state index in [0.29, 0.717) is 6.08 Å². The summed E-state index contributed by atoms with van der Waals surface area (Å²) in [6.07, 6.45) is 4.71. The molecule has 1 atom stereocenters. The lowest BCUT2D eigenvalue weighted by Gasteiger charge is -2.11. The van der Waals surface area contributed by atoms with Gasteiger partial charge in [0.05, 0.1) is 6.42 Å². The van der Waals surface area contributed by atoms with Gasteiger partial charge in [0.15, 0.2) is 0 Å². The number of carboxylic acids is 1. The molecule has 0 aromatic carbocycles. The molecule has 0 saturated heterocycles. The van der Waals surface area contributed by atoms with Gasteiger partial charge in [-0.25, -0.2) is 9.59 Å². The van der Waals surface area contributed by atoms with Crippen LogP contribution in [0.5, 0.6) is 0 Å². The molecule has 1 aliphatic rings. The van der Waals surface area contributed by atoms with Crippen molar-refractivity contribution in [2.75, 3.05) is 0 Å². The average molecular weight is 312 g/mol. The first-order valence-electron chi connectivity index (χ1n) is 7.22. The lowest BCUT2D eigenvalue weighted by Crippen LogP contribution is -2.22. The molecule has 0 amide bonds. The number of carbonyl (C=O) groups excluding carboxylic acids is 3. The van der Waals surface area contributed by atoms with Crippen LogP contribution in [0.15, 0.2) is 12.2 Å². The maximum absolute atomic E-state index is 11.6. The molecule has 7 heteroatoms. The van der Waals surface area contributed by atoms with Gasteiger partial charge in [0.1, 0.15) is 6.10 Å². The van der Waals surface area contributed by atoms with Crippen molar-refractivity contribution in [3.63, 3.8) is 0 Å². The first-order valence-corrected chi connectivity index (χ1v) is 7.22. The second-order valence-corrected chi connectivity index (χ2v) is 5.32. The molecule has 0 aliphatic heterocycles. The highest BCUT2D eigenvalue weighted by molar-refractivity contribution is 5.91. The van der Waals surface area contributed by atoms with E-state index < -0.39 is 30.0 Å². The largest absolute Gasteiger partial charge is 0.478 e. The molecule has 1 rings (SSSR count). The van der Waals surface area contributed by atoms with Gasteiger partial charge in [0, 0.05) is 18.6 Å². The number of aliphatic carboxylic acids is 1. The van der Waals surface area contributed by atoms with Crippen molar-refractivity contribution < 1.29 is 33.8 Å². The zero-order valence-electron chi connectivity index (χ0n) is 12.4. The Morgan fingerprint density at radius 2 is 1.77 bits per heavy atom. The second kappa shape index (κ2) is 8.96. The third-order valence-corrected chi connectivity index (χ3v) is 3.29. The van der Waals surface area contributed by atoms with Crippen molar-refractivity contribution in [1.82, 2.24) is 0 Å². The number of carbonyl (C=O) groups is 4. The molecular formula is C15H20O7. The minimum atomic E-state index is -1.28. The van der Waals surface area contributed by atoms with Crippen LogP contribution in [0, 0.1) is 5.92 Å². The van der Waals surface area contributed by atoms with E-state index in [0.717, 1.165) is 31.8 Å². The van der Waals surface area contributed by atoms with E-state index in [-0.39, 0.29) is 18.8 Å². The standard InChI is InChI=1S/C15H20O7/c1-10(21-13(18)7-6-12(16)17)8-14(19)22-15(20)9-11-4-2-3-5-11/h6-7,10-11H,2-5,8-9H2,1H3,(H,16,17)/b7-6+. The van der Waals surface area contributed by atoms with Crippen LogP contribution in [0.25, 0.3) is 0 Å². The Labute approximate surface area is 128 Å². The first kappa shape index (κ1) is 17.9. The van der Waals surface area contributed by atoms with Crippen molar-refractivity contribution in [3.8, 4) is 0 Å². The summed E-state index contributed by atoms with van der Waals surface area (Å²) in [5.74, 6) is -3.18. The van der Waals surface area contributed by atoms with Gasteiger partial charge < -0.3 is 14.6 Å². The smallest absolute Gasteiger partial charge is 0.331 e. The monoisotopic (exact) mass is 312 g/mol. The summed E-state index contributed by atoms with van der Waals surface area (Å²) in [6, 6.07) is 0. The molecule has 1 fully saturated rings. The highest BCUT2D eigenvalue weighted by Gasteiger charge is 2.22. The molecular weight excluding hydrogens is 292 g/mol. The molecule has 0 aromatic rings. The molecule has 0 radical (unpaired) electrons. The van der Waals surface area contributed by atoms with E-state index >= 15 is 0 Å². The van der Waals surface area contributed by atoms with Crippen LogP contribution >= 0.6 is 0 Å². The minimum Gasteiger partial charge on any atom is -0.478 e. The van der Waals surface area contributed by atoms with Gasteiger partial charge in [-0.2, -0.15) is 0 Å². The summed E-state index contributed by atoms with van der Waals surface area (Å²) in [6.45, 7) is 1.45. The molecule has 1 N–H and O–H groups in total. The Kier molecular flexibility index (Phi) is 7.28. The van der Waals surface area contributed by atoms with Crippen LogP contribution in [0.1, 0.15) is 45.4 Å². The highest BCUT2D eigenvalue weighted by Crippen LogP contribution is 2.27. The van der Waals surface area contributed by atoms with Crippen molar-refractivity contribution >= 4 is 23.9 Å². The molecule has 0 aromatic heterocycles. The van der Waals surface area contributed by atoms with Gasteiger partial charge in [-0.05, 0) is 25.7 Å². The predicted molar refractivity (Wildman–Crippen MR) is 74.6 cm³/mol. The summed E-state index contributed by atoms with van der Waals surface area (Å²) in [7, 11) is 0. The average Bonchev–Trinajstić information content (AvgIpc) is 2.88. The van der Waals surface area contributed by atoms with Crippen LogP contribution in [0.2, 0.25) is 0 Å². The summed E-state index contributed by atoms with van der Waals surface area (Å²) in [5, 5.41) is 8.35. The first-order chi connectivity index (χ1) is 10.4. The SMILES string of the molecule is CC(CC(=O)OC(=O)CC1CCCC1)OC(=O)/C=C/C(=O)O. The van der Waals surface area contributed by atoms with Crippen molar-refractivity contribution in [2.24, 2.45) is 5.92 Å². The normalized spacial score (nSPS) is 16.4. The van der Waals surface area contributed by atoms with Gasteiger partial charge in [-0.3, -0.25) is 9.59 Å². The fraction of sp³-hybridized carbons (Fsp3) is 0.600. The molecule has 1 aliphatic carbocycles. The molecule has 0 spiro atoms. The van der Waals surface area contributed by atoms with Gasteiger partial charge in [0.25, 0.3) is 0 Å². The van der Waals surface area contributed by atoms with Gasteiger partial charge in [-0.1, -0.05) is 12.8 Å². The van der Waals surface area contributed by atoms with E-state index in [2.05, 4.69) is 4.74 Å². The second-order valence-electron chi connectivity index (χ2n) is 5.32. The fourth-order valence-corrected chi connectivity index (χ4v) is 2.31. The van der Waals surface area contributed by atoms with Crippen molar-refractivity contribution in [2.45, 2.75) is 51.6 Å². The minimum absolute atomic E-state index is 0.237. The fourth-order valence-electron chi connectivity index (χ4n) is 2.31. The van der Waals surface area contributed by atoms with Crippen LogP contribution in [0.4, 0.5) is 0 Å². The van der Waals surface area contributed by atoms with Gasteiger partial charge in [-0.15, -0.1) is 0 Å². The molecule has 1 unspecified atom stereocenters. The topological polar surface area (TPSA) is 107 Å². The van der Waals surface area contributed by atoms with Gasteiger partial charge >= 0.3 is 23.9 Å². The zero-order chi connectivity index (χ0) is 16.5. The van der Waals surface area contributed by atoms with Crippen LogP contribution in [0.3, 0.4) is 0 Å². The lowest BCUT2D eigenvalue weighted by molar-refractivity contribution is -0.162. The lowest BCUT2D eigenvalue weighted by atomic mass is 10.0. The molecule has 0 heterocycles. The maximum Gasteiger partial charge on any atom is 0.331 e. The Hall–Kier alpha value is -2.18. The quantitative estimate of drug-likeness (QED) is 0.432. The Morgan fingerprint density at radius 3 is 2.36 bits per heavy atom. The molecule has 122 valence electrons. The Morgan fingerprint density at radius 1 is 1.14 bits per heavy atom. The molecule has 1 saturated carbocycles. The number of hydrogen-bond acceptors (Lipinski definition) is 6. The number of hydrogen-bond donors (Lipinski definition) is 1. The molecule has 22 heavy (non-hydrogen) atoms. The molecule has 0 bridgehead atoms. The van der Waals surface area contributed by atoms with E-state index in [1.807, 2.05) is 0 Å². The highest BCUT2D eigenvalue weighted by atomic mass is 16.6. The van der Waals surface area contributed by atoms with E-state index in [1.54, 1.807) is 0 Å². The summed E-state index contributed by atoms with van der Waals surface area (Å²) in [4.78, 5) is 44.5. The zero-order valence-corrected chi connectivity index (χ0v) is 12.4. The van der Waals surface area contributed by atoms with Crippen LogP contribution in [-0.4, -0.2) is 35.1 Å². The summed E-state index contributed by atoms with van der Waals surface area (Å²) >= 11 is 0. The summed E-state index contributed by atoms with van der Waals surface area (Å²) in [5.41, 5.74) is 0. The number of ether oxygens (including phenoxy) is 2. The third-order valence-electron chi connectivity index (χ3n) is 3.29. The van der Waals surface area contributed by atoms with Crippen molar-refractivity contribution in [1.29, 1.82) is 0 Å².